The number of nitrogens with zero attached hydrogens (tertiary/aromatic N) is 1. The standard InChI is InChI=1S/C22H28N2O5/c1-24(14-17-5-4-10-28-17)22(25)16-7-9-19(21(12-16)27-3)29-18-8-6-15(13-23)11-20(18)26-2/h6-9,11-12,17H,4-5,10,13-14,23H2,1-3H3. The summed E-state index contributed by atoms with van der Waals surface area (Å²) < 4.78 is 22.5. The Morgan fingerprint density at radius 2 is 1.79 bits per heavy atom. The summed E-state index contributed by atoms with van der Waals surface area (Å²) in [5, 5.41) is 0. The van der Waals surface area contributed by atoms with E-state index in [0.29, 0.717) is 41.7 Å². The van der Waals surface area contributed by atoms with E-state index in [2.05, 4.69) is 0 Å². The molecule has 2 aromatic carbocycles. The maximum absolute atomic E-state index is 12.8. The van der Waals surface area contributed by atoms with Crippen LogP contribution >= 0.6 is 0 Å². The molecule has 156 valence electrons. The number of hydrogen-bond acceptors (Lipinski definition) is 6. The number of amides is 1. The molecule has 0 aliphatic carbocycles. The third kappa shape index (κ3) is 4.99. The third-order valence-corrected chi connectivity index (χ3v) is 4.94. The normalized spacial score (nSPS) is 15.8. The summed E-state index contributed by atoms with van der Waals surface area (Å²) in [5.74, 6) is 1.98. The fourth-order valence-corrected chi connectivity index (χ4v) is 3.32. The predicted molar refractivity (Wildman–Crippen MR) is 110 cm³/mol. The summed E-state index contributed by atoms with van der Waals surface area (Å²) in [5.41, 5.74) is 7.15. The second-order valence-corrected chi connectivity index (χ2v) is 6.98. The van der Waals surface area contributed by atoms with Crippen molar-refractivity contribution in [3.8, 4) is 23.0 Å². The van der Waals surface area contributed by atoms with E-state index in [1.165, 1.54) is 0 Å². The number of carbonyl (C=O) groups excluding carboxylic acids is 1. The molecule has 7 heteroatoms. The van der Waals surface area contributed by atoms with Gasteiger partial charge in [-0.05, 0) is 48.7 Å². The Balaban J connectivity index is 1.77. The lowest BCUT2D eigenvalue weighted by Gasteiger charge is -2.21. The number of nitrogens with two attached hydrogens (primary N) is 1. The lowest BCUT2D eigenvalue weighted by Crippen LogP contribution is -2.34. The number of rotatable bonds is 8. The Morgan fingerprint density at radius 1 is 1.10 bits per heavy atom. The zero-order valence-corrected chi connectivity index (χ0v) is 17.1. The van der Waals surface area contributed by atoms with Gasteiger partial charge >= 0.3 is 0 Å². The molecule has 1 unspecified atom stereocenters. The molecule has 1 saturated heterocycles. The highest BCUT2D eigenvalue weighted by atomic mass is 16.5. The van der Waals surface area contributed by atoms with Crippen LogP contribution in [0.3, 0.4) is 0 Å². The molecule has 0 spiro atoms. The Bertz CT molecular complexity index is 849. The fourth-order valence-electron chi connectivity index (χ4n) is 3.32. The molecule has 0 radical (unpaired) electrons. The van der Waals surface area contributed by atoms with Crippen molar-refractivity contribution in [2.24, 2.45) is 5.73 Å². The maximum Gasteiger partial charge on any atom is 0.253 e. The van der Waals surface area contributed by atoms with E-state index in [4.69, 9.17) is 24.7 Å². The largest absolute Gasteiger partial charge is 0.493 e. The van der Waals surface area contributed by atoms with Crippen molar-refractivity contribution in [1.82, 2.24) is 4.90 Å². The van der Waals surface area contributed by atoms with Crippen LogP contribution in [0.4, 0.5) is 0 Å². The topological polar surface area (TPSA) is 83.3 Å². The molecule has 1 atom stereocenters. The van der Waals surface area contributed by atoms with Gasteiger partial charge in [0.1, 0.15) is 0 Å². The van der Waals surface area contributed by atoms with E-state index >= 15 is 0 Å². The molecular weight excluding hydrogens is 372 g/mol. The molecule has 29 heavy (non-hydrogen) atoms. The van der Waals surface area contributed by atoms with E-state index in [0.717, 1.165) is 25.0 Å². The lowest BCUT2D eigenvalue weighted by molar-refractivity contribution is 0.0587. The average molecular weight is 400 g/mol. The molecule has 1 amide bonds. The molecule has 1 aliphatic heterocycles. The van der Waals surface area contributed by atoms with Crippen LogP contribution in [0, 0.1) is 0 Å². The molecule has 0 bridgehead atoms. The summed E-state index contributed by atoms with van der Waals surface area (Å²) in [6.45, 7) is 1.75. The van der Waals surface area contributed by atoms with Crippen LogP contribution in [0.1, 0.15) is 28.8 Å². The number of ether oxygens (including phenoxy) is 4. The zero-order chi connectivity index (χ0) is 20.8. The fraction of sp³-hybridized carbons (Fsp3) is 0.409. The van der Waals surface area contributed by atoms with Gasteiger partial charge in [0.15, 0.2) is 23.0 Å². The highest BCUT2D eigenvalue weighted by Crippen LogP contribution is 2.37. The smallest absolute Gasteiger partial charge is 0.253 e. The maximum atomic E-state index is 12.8. The number of hydrogen-bond donors (Lipinski definition) is 1. The molecular formula is C22H28N2O5. The summed E-state index contributed by atoms with van der Waals surface area (Å²) in [7, 11) is 4.90. The zero-order valence-electron chi connectivity index (χ0n) is 17.1. The van der Waals surface area contributed by atoms with Gasteiger partial charge in [-0.25, -0.2) is 0 Å². The Hall–Kier alpha value is -2.77. The van der Waals surface area contributed by atoms with Crippen LogP contribution in [0.25, 0.3) is 0 Å². The third-order valence-electron chi connectivity index (χ3n) is 4.94. The van der Waals surface area contributed by atoms with E-state index < -0.39 is 0 Å². The SMILES string of the molecule is COc1cc(CN)ccc1Oc1ccc(C(=O)N(C)CC2CCCO2)cc1OC. The Labute approximate surface area is 171 Å². The van der Waals surface area contributed by atoms with Gasteiger partial charge in [-0.3, -0.25) is 4.79 Å². The van der Waals surface area contributed by atoms with Crippen molar-refractivity contribution in [3.05, 3.63) is 47.5 Å². The first-order valence-electron chi connectivity index (χ1n) is 9.65. The Kier molecular flexibility index (Phi) is 6.95. The second-order valence-electron chi connectivity index (χ2n) is 6.98. The summed E-state index contributed by atoms with van der Waals surface area (Å²) in [4.78, 5) is 14.5. The minimum Gasteiger partial charge on any atom is -0.493 e. The molecule has 0 saturated carbocycles. The van der Waals surface area contributed by atoms with Gasteiger partial charge in [0, 0.05) is 32.3 Å². The lowest BCUT2D eigenvalue weighted by atomic mass is 10.1. The predicted octanol–water partition coefficient (Wildman–Crippen LogP) is 3.21. The highest BCUT2D eigenvalue weighted by Gasteiger charge is 2.22. The van der Waals surface area contributed by atoms with Gasteiger partial charge in [0.25, 0.3) is 5.91 Å². The van der Waals surface area contributed by atoms with E-state index in [-0.39, 0.29) is 12.0 Å². The van der Waals surface area contributed by atoms with Crippen LogP contribution in [0.15, 0.2) is 36.4 Å². The van der Waals surface area contributed by atoms with Crippen LogP contribution in [0.2, 0.25) is 0 Å². The number of likely N-dealkylation sites (N-methyl/N-ethyl adjacent to an activating group) is 1. The molecule has 2 N–H and O–H groups in total. The molecule has 7 nitrogen and oxygen atoms in total. The minimum atomic E-state index is -0.0878. The van der Waals surface area contributed by atoms with Gasteiger partial charge in [-0.1, -0.05) is 6.07 Å². The van der Waals surface area contributed by atoms with Crippen LogP contribution in [-0.2, 0) is 11.3 Å². The van der Waals surface area contributed by atoms with E-state index in [9.17, 15) is 4.79 Å². The molecule has 1 fully saturated rings. The molecule has 2 aromatic rings. The quantitative estimate of drug-likeness (QED) is 0.733. The Morgan fingerprint density at radius 3 is 2.41 bits per heavy atom. The van der Waals surface area contributed by atoms with Gasteiger partial charge in [0.2, 0.25) is 0 Å². The second kappa shape index (κ2) is 9.62. The summed E-state index contributed by atoms with van der Waals surface area (Å²) >= 11 is 0. The van der Waals surface area contributed by atoms with Gasteiger partial charge in [-0.2, -0.15) is 0 Å². The summed E-state index contributed by atoms with van der Waals surface area (Å²) in [6, 6.07) is 10.6. The summed E-state index contributed by atoms with van der Waals surface area (Å²) in [6.07, 6.45) is 2.14. The molecule has 1 heterocycles. The van der Waals surface area contributed by atoms with Gasteiger partial charge < -0.3 is 29.6 Å². The number of benzene rings is 2. The van der Waals surface area contributed by atoms with Crippen molar-refractivity contribution in [2.75, 3.05) is 34.4 Å². The average Bonchev–Trinajstić information content (AvgIpc) is 3.26. The van der Waals surface area contributed by atoms with Crippen molar-refractivity contribution in [3.63, 3.8) is 0 Å². The first-order valence-corrected chi connectivity index (χ1v) is 9.65. The molecule has 1 aliphatic rings. The van der Waals surface area contributed by atoms with E-state index in [1.807, 2.05) is 12.1 Å². The number of carbonyl (C=O) groups is 1. The molecule has 3 rings (SSSR count). The van der Waals surface area contributed by atoms with Crippen molar-refractivity contribution in [1.29, 1.82) is 0 Å². The van der Waals surface area contributed by atoms with Crippen LogP contribution in [0.5, 0.6) is 23.0 Å². The monoisotopic (exact) mass is 400 g/mol. The van der Waals surface area contributed by atoms with Crippen molar-refractivity contribution in [2.45, 2.75) is 25.5 Å². The van der Waals surface area contributed by atoms with Crippen molar-refractivity contribution < 1.29 is 23.7 Å². The van der Waals surface area contributed by atoms with Gasteiger partial charge in [-0.15, -0.1) is 0 Å². The minimum absolute atomic E-state index is 0.0878. The van der Waals surface area contributed by atoms with Crippen LogP contribution < -0.4 is 19.9 Å². The first kappa shape index (κ1) is 21.0. The number of methoxy groups -OCH3 is 2. The van der Waals surface area contributed by atoms with Crippen LogP contribution in [-0.4, -0.2) is 51.3 Å². The van der Waals surface area contributed by atoms with E-state index in [1.54, 1.807) is 50.4 Å². The highest BCUT2D eigenvalue weighted by molar-refractivity contribution is 5.94. The molecule has 0 aromatic heterocycles. The van der Waals surface area contributed by atoms with Crippen molar-refractivity contribution >= 4 is 5.91 Å². The van der Waals surface area contributed by atoms with Gasteiger partial charge in [0.05, 0.1) is 20.3 Å². The first-order chi connectivity index (χ1) is 14.0.